The summed E-state index contributed by atoms with van der Waals surface area (Å²) in [6.45, 7) is 4.63. The number of benzene rings is 1. The fourth-order valence-corrected chi connectivity index (χ4v) is 3.84. The standard InChI is InChI=1S/C23H22N6/c1-17-25-13-19-14-28(12-9-22(19)26-17)15-20-16-29(21-5-3-2-4-6-21)27-23(20)18-7-10-24-11-8-18/h2-8,10-11,13,16H,9,12,14-15H2,1H3. The molecule has 0 spiro atoms. The first kappa shape index (κ1) is 17.7. The molecule has 1 aromatic carbocycles. The minimum Gasteiger partial charge on any atom is -0.294 e. The molecule has 6 nitrogen and oxygen atoms in total. The molecule has 0 fully saturated rings. The second kappa shape index (κ2) is 7.56. The Hall–Kier alpha value is -3.38. The van der Waals surface area contributed by atoms with Crippen LogP contribution in [0.4, 0.5) is 0 Å². The van der Waals surface area contributed by atoms with Gasteiger partial charge in [-0.05, 0) is 31.2 Å². The number of nitrogens with zero attached hydrogens (tertiary/aromatic N) is 6. The van der Waals surface area contributed by atoms with Crippen LogP contribution >= 0.6 is 0 Å². The third-order valence-corrected chi connectivity index (χ3v) is 5.29. The molecule has 0 saturated carbocycles. The van der Waals surface area contributed by atoms with E-state index >= 15 is 0 Å². The summed E-state index contributed by atoms with van der Waals surface area (Å²) >= 11 is 0. The summed E-state index contributed by atoms with van der Waals surface area (Å²) in [5.41, 5.74) is 6.76. The van der Waals surface area contributed by atoms with E-state index in [0.29, 0.717) is 0 Å². The van der Waals surface area contributed by atoms with Gasteiger partial charge in [-0.2, -0.15) is 5.10 Å². The molecule has 1 aliphatic heterocycles. The highest BCUT2D eigenvalue weighted by Crippen LogP contribution is 2.26. The summed E-state index contributed by atoms with van der Waals surface area (Å²) in [7, 11) is 0. The second-order valence-electron chi connectivity index (χ2n) is 7.37. The van der Waals surface area contributed by atoms with Gasteiger partial charge in [0.05, 0.1) is 11.4 Å². The molecule has 0 unspecified atom stereocenters. The van der Waals surface area contributed by atoms with E-state index in [1.165, 1.54) is 16.8 Å². The Balaban J connectivity index is 1.47. The van der Waals surface area contributed by atoms with Crippen LogP contribution in [-0.2, 0) is 19.5 Å². The van der Waals surface area contributed by atoms with Crippen LogP contribution in [0.1, 0.15) is 22.6 Å². The van der Waals surface area contributed by atoms with Gasteiger partial charge in [0, 0.05) is 73.2 Å². The Bertz CT molecular complexity index is 1120. The normalized spacial score (nSPS) is 14.0. The number of para-hydroxylation sites is 1. The molecule has 6 heteroatoms. The van der Waals surface area contributed by atoms with E-state index in [-0.39, 0.29) is 0 Å². The largest absolute Gasteiger partial charge is 0.294 e. The van der Waals surface area contributed by atoms with Crippen molar-refractivity contribution < 1.29 is 0 Å². The lowest BCUT2D eigenvalue weighted by molar-refractivity contribution is 0.243. The van der Waals surface area contributed by atoms with E-state index in [1.54, 1.807) is 0 Å². The zero-order chi connectivity index (χ0) is 19.6. The third-order valence-electron chi connectivity index (χ3n) is 5.29. The van der Waals surface area contributed by atoms with E-state index in [1.807, 2.05) is 60.5 Å². The van der Waals surface area contributed by atoms with E-state index in [0.717, 1.165) is 48.8 Å². The molecular weight excluding hydrogens is 360 g/mol. The Morgan fingerprint density at radius 3 is 2.69 bits per heavy atom. The molecule has 144 valence electrons. The van der Waals surface area contributed by atoms with Crippen molar-refractivity contribution in [2.24, 2.45) is 0 Å². The lowest BCUT2D eigenvalue weighted by Crippen LogP contribution is -2.31. The van der Waals surface area contributed by atoms with Crippen LogP contribution < -0.4 is 0 Å². The number of hydrogen-bond donors (Lipinski definition) is 0. The van der Waals surface area contributed by atoms with Crippen molar-refractivity contribution in [3.8, 4) is 16.9 Å². The summed E-state index contributed by atoms with van der Waals surface area (Å²) in [5, 5.41) is 4.91. The third kappa shape index (κ3) is 3.67. The molecule has 5 rings (SSSR count). The highest BCUT2D eigenvalue weighted by atomic mass is 15.3. The maximum atomic E-state index is 4.91. The number of aromatic nitrogens is 5. The van der Waals surface area contributed by atoms with Crippen molar-refractivity contribution in [1.82, 2.24) is 29.6 Å². The Morgan fingerprint density at radius 2 is 1.86 bits per heavy atom. The number of aryl methyl sites for hydroxylation is 1. The number of fused-ring (bicyclic) bond motifs is 1. The maximum Gasteiger partial charge on any atom is 0.125 e. The topological polar surface area (TPSA) is 59.7 Å². The van der Waals surface area contributed by atoms with Gasteiger partial charge in [-0.25, -0.2) is 14.6 Å². The summed E-state index contributed by atoms with van der Waals surface area (Å²) in [5.74, 6) is 0.848. The van der Waals surface area contributed by atoms with Crippen molar-refractivity contribution >= 4 is 0 Å². The smallest absolute Gasteiger partial charge is 0.125 e. The van der Waals surface area contributed by atoms with Gasteiger partial charge in [-0.1, -0.05) is 18.2 Å². The highest BCUT2D eigenvalue weighted by Gasteiger charge is 2.21. The van der Waals surface area contributed by atoms with Crippen LogP contribution in [0, 0.1) is 6.92 Å². The van der Waals surface area contributed by atoms with Crippen LogP contribution in [0.25, 0.3) is 16.9 Å². The van der Waals surface area contributed by atoms with Crippen molar-refractivity contribution in [2.45, 2.75) is 26.4 Å². The minimum atomic E-state index is 0.831. The minimum absolute atomic E-state index is 0.831. The second-order valence-corrected chi connectivity index (χ2v) is 7.37. The van der Waals surface area contributed by atoms with Crippen LogP contribution in [0.3, 0.4) is 0 Å². The zero-order valence-corrected chi connectivity index (χ0v) is 16.4. The molecule has 4 aromatic rings. The number of rotatable bonds is 4. The average molecular weight is 382 g/mol. The molecule has 0 N–H and O–H groups in total. The van der Waals surface area contributed by atoms with E-state index in [9.17, 15) is 0 Å². The molecule has 29 heavy (non-hydrogen) atoms. The first-order valence-electron chi connectivity index (χ1n) is 9.84. The first-order chi connectivity index (χ1) is 14.3. The van der Waals surface area contributed by atoms with Gasteiger partial charge in [0.2, 0.25) is 0 Å². The van der Waals surface area contributed by atoms with Crippen molar-refractivity contribution in [1.29, 1.82) is 0 Å². The van der Waals surface area contributed by atoms with Crippen molar-refractivity contribution in [3.63, 3.8) is 0 Å². The average Bonchev–Trinajstić information content (AvgIpc) is 3.19. The SMILES string of the molecule is Cc1ncc2c(n1)CCN(Cc1cn(-c3ccccc3)nc1-c1ccncc1)C2. The molecule has 4 heterocycles. The lowest BCUT2D eigenvalue weighted by atomic mass is 10.1. The van der Waals surface area contributed by atoms with Gasteiger partial charge >= 0.3 is 0 Å². The molecule has 0 atom stereocenters. The van der Waals surface area contributed by atoms with Gasteiger partial charge in [-0.15, -0.1) is 0 Å². The quantitative estimate of drug-likeness (QED) is 0.540. The molecule has 0 amide bonds. The van der Waals surface area contributed by atoms with Crippen LogP contribution in [-0.4, -0.2) is 36.2 Å². The van der Waals surface area contributed by atoms with Crippen LogP contribution in [0.5, 0.6) is 0 Å². The lowest BCUT2D eigenvalue weighted by Gasteiger charge is -2.27. The van der Waals surface area contributed by atoms with Gasteiger partial charge < -0.3 is 0 Å². The fourth-order valence-electron chi connectivity index (χ4n) is 3.84. The predicted octanol–water partition coefficient (Wildman–Crippen LogP) is 3.59. The van der Waals surface area contributed by atoms with Crippen LogP contribution in [0.2, 0.25) is 0 Å². The van der Waals surface area contributed by atoms with E-state index in [4.69, 9.17) is 5.10 Å². The summed E-state index contributed by atoms with van der Waals surface area (Å²) in [6, 6.07) is 14.3. The Morgan fingerprint density at radius 1 is 1.03 bits per heavy atom. The summed E-state index contributed by atoms with van der Waals surface area (Å²) in [4.78, 5) is 15.6. The molecule has 3 aromatic heterocycles. The number of pyridine rings is 1. The van der Waals surface area contributed by atoms with Gasteiger partial charge in [0.1, 0.15) is 5.82 Å². The molecule has 0 bridgehead atoms. The van der Waals surface area contributed by atoms with Crippen molar-refractivity contribution in [3.05, 3.63) is 89.9 Å². The zero-order valence-electron chi connectivity index (χ0n) is 16.4. The summed E-state index contributed by atoms with van der Waals surface area (Å²) in [6.07, 6.45) is 8.71. The monoisotopic (exact) mass is 382 g/mol. The van der Waals surface area contributed by atoms with Crippen molar-refractivity contribution in [2.75, 3.05) is 6.54 Å². The predicted molar refractivity (Wildman–Crippen MR) is 111 cm³/mol. The van der Waals surface area contributed by atoms with E-state index < -0.39 is 0 Å². The highest BCUT2D eigenvalue weighted by molar-refractivity contribution is 5.62. The number of hydrogen-bond acceptors (Lipinski definition) is 5. The molecule has 0 aliphatic carbocycles. The van der Waals surface area contributed by atoms with Gasteiger partial charge in [0.25, 0.3) is 0 Å². The van der Waals surface area contributed by atoms with Gasteiger partial charge in [-0.3, -0.25) is 9.88 Å². The first-order valence-corrected chi connectivity index (χ1v) is 9.84. The van der Waals surface area contributed by atoms with E-state index in [2.05, 4.69) is 38.2 Å². The van der Waals surface area contributed by atoms with Gasteiger partial charge in [0.15, 0.2) is 0 Å². The molecule has 0 radical (unpaired) electrons. The Labute approximate surface area is 169 Å². The van der Waals surface area contributed by atoms with Crippen LogP contribution in [0.15, 0.2) is 67.3 Å². The fraction of sp³-hybridized carbons (Fsp3) is 0.217. The maximum absolute atomic E-state index is 4.91. The molecule has 0 saturated heterocycles. The molecule has 1 aliphatic rings. The molecular formula is C23H22N6. The summed E-state index contributed by atoms with van der Waals surface area (Å²) < 4.78 is 1.97. The Kier molecular flexibility index (Phi) is 4.62.